The summed E-state index contributed by atoms with van der Waals surface area (Å²) in [5.74, 6) is -4.94. The van der Waals surface area contributed by atoms with Gasteiger partial charge in [0, 0.05) is 64.8 Å². The first-order chi connectivity index (χ1) is 33.8. The number of anilines is 1. The highest BCUT2D eigenvalue weighted by Gasteiger charge is 2.64. The Balaban J connectivity index is 1.26. The van der Waals surface area contributed by atoms with Gasteiger partial charge < -0.3 is 48.5 Å². The quantitative estimate of drug-likeness (QED) is 0.0632. The fourth-order valence-electron chi connectivity index (χ4n) is 9.29. The molecule has 3 aliphatic rings. The fourth-order valence-corrected chi connectivity index (χ4v) is 10.2. The molecule has 0 saturated carbocycles. The number of nitrogens with one attached hydrogen (secondary N) is 3. The van der Waals surface area contributed by atoms with Crippen molar-refractivity contribution >= 4 is 68.1 Å². The number of epoxide rings is 1. The lowest BCUT2D eigenvalue weighted by atomic mass is 9.83. The Bertz CT molecular complexity index is 2720. The molecule has 6 rings (SSSR count). The predicted molar refractivity (Wildman–Crippen MR) is 266 cm³/mol. The van der Waals surface area contributed by atoms with Crippen LogP contribution in [0.4, 0.5) is 10.5 Å². The first kappa shape index (κ1) is 55.7. The minimum Gasteiger partial charge on any atom is -0.495 e. The standard InChI is InChI=1S/C49H66ClN7O14S/c1-28-14-13-17-39(68-10)49(63)25-38(69-47(62)53-49)29(2)44-48(4,71-44)40(24-42(59)56(8)36-21-31(20-28)22-37(67-9)43(36)50)70-46(61)30(3)55(7)45(60)34(27-72(64,65)66)52-41(58)18-19-57-33(26-54(6)51-5)23-32-15-11-12-16-35(32)57/h11-17,21-23,29-30,34,38-40,44,51,63H,18-20,24-27H2,1-10H3,(H,52,58)(H,53,62)(H,64,65,66)/b17-13+,28-14+/t29-,30+,34?,38+,39-,40+,44?,48+,49+/m1/s1. The molecule has 4 bridgehead atoms. The number of para-hydroxylation sites is 1. The number of aliphatic hydroxyl groups is 1. The van der Waals surface area contributed by atoms with Crippen LogP contribution >= 0.6 is 11.6 Å². The Morgan fingerprint density at radius 1 is 1.12 bits per heavy atom. The van der Waals surface area contributed by atoms with Crippen molar-refractivity contribution in [3.8, 4) is 5.75 Å². The van der Waals surface area contributed by atoms with Crippen LogP contribution in [0.3, 0.4) is 0 Å². The van der Waals surface area contributed by atoms with Crippen LogP contribution in [0.2, 0.25) is 5.02 Å². The molecule has 394 valence electrons. The average molecular weight is 1040 g/mol. The van der Waals surface area contributed by atoms with Gasteiger partial charge in [0.05, 0.1) is 31.9 Å². The van der Waals surface area contributed by atoms with Gasteiger partial charge >= 0.3 is 12.1 Å². The number of methoxy groups -OCH3 is 2. The lowest BCUT2D eigenvalue weighted by Crippen LogP contribution is -2.63. The molecule has 21 nitrogen and oxygen atoms in total. The van der Waals surface area contributed by atoms with E-state index in [4.69, 9.17) is 35.3 Å². The summed E-state index contributed by atoms with van der Waals surface area (Å²) in [6.45, 7) is 7.15. The van der Waals surface area contributed by atoms with Gasteiger partial charge in [-0.1, -0.05) is 60.5 Å². The molecule has 3 aromatic rings. The third-order valence-electron chi connectivity index (χ3n) is 13.7. The van der Waals surface area contributed by atoms with Crippen molar-refractivity contribution in [3.05, 3.63) is 82.5 Å². The number of esters is 1. The number of halogens is 1. The molecule has 0 radical (unpaired) electrons. The number of alkyl carbamates (subject to hydrolysis) is 1. The molecule has 2 aromatic carbocycles. The van der Waals surface area contributed by atoms with Gasteiger partial charge in [0.2, 0.25) is 17.7 Å². The molecule has 0 spiro atoms. The van der Waals surface area contributed by atoms with Gasteiger partial charge in [-0.15, -0.1) is 0 Å². The van der Waals surface area contributed by atoms with E-state index in [1.54, 1.807) is 45.2 Å². The van der Waals surface area contributed by atoms with E-state index in [0.29, 0.717) is 18.7 Å². The van der Waals surface area contributed by atoms with E-state index >= 15 is 0 Å². The topological polar surface area (TPSA) is 260 Å². The van der Waals surface area contributed by atoms with E-state index in [1.807, 2.05) is 60.0 Å². The number of hydrogen-bond donors (Lipinski definition) is 5. The van der Waals surface area contributed by atoms with Crippen molar-refractivity contribution in [2.24, 2.45) is 5.92 Å². The van der Waals surface area contributed by atoms with Gasteiger partial charge in [0.15, 0.2) is 5.72 Å². The maximum absolute atomic E-state index is 14.4. The number of likely N-dealkylation sites (N-methyl/N-ethyl adjacent to an activating group) is 1. The van der Waals surface area contributed by atoms with Crippen molar-refractivity contribution in [2.45, 2.75) is 114 Å². The zero-order valence-corrected chi connectivity index (χ0v) is 43.7. The van der Waals surface area contributed by atoms with Crippen LogP contribution in [-0.4, -0.2) is 158 Å². The second kappa shape index (κ2) is 22.7. The molecular weight excluding hydrogens is 978 g/mol. The number of amides is 4. The Kier molecular flexibility index (Phi) is 17.5. The SMILES string of the molecule is CNN(C)Cc1cc2ccccc2n1CCC(=O)NC(CS(=O)(=O)O)C(=O)N(C)[C@@H](C)C(=O)O[C@H]1CC(=O)N(C)c2cc(cc(OC)c2Cl)C/C(C)=C/C=C/[C@@H](OC)[C@@]2(O)C[C@H](OC(=O)N2)[C@@H](C)C2O[C@]21C. The second-order valence-electron chi connectivity index (χ2n) is 18.9. The molecule has 4 heterocycles. The maximum Gasteiger partial charge on any atom is 0.409 e. The summed E-state index contributed by atoms with van der Waals surface area (Å²) >= 11 is 6.81. The van der Waals surface area contributed by atoms with Gasteiger partial charge in [-0.2, -0.15) is 8.42 Å². The first-order valence-corrected chi connectivity index (χ1v) is 25.4. The van der Waals surface area contributed by atoms with E-state index in [0.717, 1.165) is 32.6 Å². The van der Waals surface area contributed by atoms with Crippen molar-refractivity contribution in [1.29, 1.82) is 0 Å². The fraction of sp³-hybridized carbons (Fsp3) is 0.531. The van der Waals surface area contributed by atoms with Crippen molar-refractivity contribution in [3.63, 3.8) is 0 Å². The number of benzene rings is 2. The van der Waals surface area contributed by atoms with Crippen LogP contribution in [0, 0.1) is 5.92 Å². The molecular formula is C49H66ClN7O14S. The average Bonchev–Trinajstić information content (AvgIpc) is 3.90. The maximum atomic E-state index is 14.4. The number of rotatable bonds is 15. The number of aryl methyl sites for hydroxylation is 1. The van der Waals surface area contributed by atoms with E-state index in [9.17, 15) is 42.0 Å². The van der Waals surface area contributed by atoms with E-state index in [1.165, 1.54) is 40.1 Å². The van der Waals surface area contributed by atoms with Crippen LogP contribution in [0.1, 0.15) is 58.2 Å². The van der Waals surface area contributed by atoms with Crippen molar-refractivity contribution in [2.75, 3.05) is 53.1 Å². The van der Waals surface area contributed by atoms with Crippen LogP contribution in [0.15, 0.2) is 66.3 Å². The number of hydrogen-bond acceptors (Lipinski definition) is 15. The number of carbonyl (C=O) groups excluding carboxylic acids is 5. The van der Waals surface area contributed by atoms with Crippen LogP contribution in [0.5, 0.6) is 5.75 Å². The summed E-state index contributed by atoms with van der Waals surface area (Å²) in [6, 6.07) is 9.75. The summed E-state index contributed by atoms with van der Waals surface area (Å²) in [4.78, 5) is 71.6. The number of carbonyl (C=O) groups is 5. The number of ether oxygens (including phenoxy) is 5. The molecule has 3 aliphatic heterocycles. The smallest absolute Gasteiger partial charge is 0.409 e. The number of nitrogens with zero attached hydrogens (tertiary/aromatic N) is 4. The lowest BCUT2D eigenvalue weighted by molar-refractivity contribution is -0.162. The number of hydrazine groups is 1. The Labute approximate surface area is 424 Å². The van der Waals surface area contributed by atoms with Gasteiger partial charge in [-0.3, -0.25) is 29.7 Å². The molecule has 72 heavy (non-hydrogen) atoms. The molecule has 23 heteroatoms. The minimum atomic E-state index is -4.87. The Morgan fingerprint density at radius 3 is 2.50 bits per heavy atom. The zero-order valence-electron chi connectivity index (χ0n) is 42.1. The summed E-state index contributed by atoms with van der Waals surface area (Å²) < 4.78 is 65.8. The van der Waals surface area contributed by atoms with Crippen LogP contribution in [-0.2, 0) is 67.8 Å². The normalized spacial score (nSPS) is 26.8. The summed E-state index contributed by atoms with van der Waals surface area (Å²) in [5, 5.41) is 19.7. The largest absolute Gasteiger partial charge is 0.495 e. The highest BCUT2D eigenvalue weighted by atomic mass is 35.5. The zero-order chi connectivity index (χ0) is 53.0. The Hall–Kier alpha value is -5.59. The molecule has 2 saturated heterocycles. The summed E-state index contributed by atoms with van der Waals surface area (Å²) in [7, 11) is 4.28. The second-order valence-corrected chi connectivity index (χ2v) is 20.8. The third kappa shape index (κ3) is 12.8. The van der Waals surface area contributed by atoms with Gasteiger partial charge in [-0.25, -0.2) is 14.6 Å². The minimum absolute atomic E-state index is 0.136. The highest BCUT2D eigenvalue weighted by molar-refractivity contribution is 7.85. The van der Waals surface area contributed by atoms with Gasteiger partial charge in [0.1, 0.15) is 52.5 Å². The predicted octanol–water partition coefficient (Wildman–Crippen LogP) is 3.50. The van der Waals surface area contributed by atoms with E-state index in [-0.39, 0.29) is 30.1 Å². The van der Waals surface area contributed by atoms with Crippen molar-refractivity contribution < 1.29 is 65.7 Å². The molecule has 1 aromatic heterocycles. The van der Waals surface area contributed by atoms with E-state index in [2.05, 4.69) is 16.1 Å². The molecule has 2 unspecified atom stereocenters. The molecule has 5 N–H and O–H groups in total. The summed E-state index contributed by atoms with van der Waals surface area (Å²) in [6.07, 6.45) is -0.455. The van der Waals surface area contributed by atoms with Crippen molar-refractivity contribution in [1.82, 2.24) is 30.5 Å². The number of allylic oxidation sites excluding steroid dienone is 3. The molecule has 2 fully saturated rings. The Morgan fingerprint density at radius 2 is 1.83 bits per heavy atom. The first-order valence-electron chi connectivity index (χ1n) is 23.4. The van der Waals surface area contributed by atoms with E-state index < -0.39 is 106 Å². The van der Waals surface area contributed by atoms with Gasteiger partial charge in [-0.05, 0) is 69.5 Å². The highest BCUT2D eigenvalue weighted by Crippen LogP contribution is 2.49. The number of aromatic nitrogens is 1. The molecule has 0 aliphatic carbocycles. The monoisotopic (exact) mass is 1040 g/mol. The van der Waals surface area contributed by atoms with Gasteiger partial charge in [0.25, 0.3) is 10.1 Å². The lowest BCUT2D eigenvalue weighted by Gasteiger charge is -2.42. The number of fused-ring (bicyclic) bond motifs is 6. The third-order valence-corrected chi connectivity index (χ3v) is 14.9. The summed E-state index contributed by atoms with van der Waals surface area (Å²) in [5.41, 5.74) is 3.30. The molecule has 4 amide bonds. The van der Waals surface area contributed by atoms with Crippen LogP contribution < -0.4 is 25.7 Å². The van der Waals surface area contributed by atoms with Crippen LogP contribution in [0.25, 0.3) is 10.9 Å². The molecule has 9 atom stereocenters.